The maximum absolute atomic E-state index is 13.1. The van der Waals surface area contributed by atoms with Gasteiger partial charge in [-0.05, 0) is 36.4 Å². The first-order valence-electron chi connectivity index (χ1n) is 12.8. The number of nitrogens with zero attached hydrogens (tertiary/aromatic N) is 2. The maximum atomic E-state index is 13.1. The molecule has 10 nitrogen and oxygen atoms in total. The smallest absolute Gasteiger partial charge is 0.338 e. The zero-order chi connectivity index (χ0) is 27.9. The van der Waals surface area contributed by atoms with Crippen molar-refractivity contribution in [3.63, 3.8) is 0 Å². The molecule has 40 heavy (non-hydrogen) atoms. The minimum atomic E-state index is -1.14. The lowest BCUT2D eigenvalue weighted by molar-refractivity contribution is -0.0454. The summed E-state index contributed by atoms with van der Waals surface area (Å²) in [5, 5.41) is 7.08. The lowest BCUT2D eigenvalue weighted by Crippen LogP contribution is -2.41. The van der Waals surface area contributed by atoms with Crippen LogP contribution < -0.4 is 0 Å². The number of H-pyrrole nitrogens is 1. The molecule has 0 bridgehead atoms. The molecule has 0 radical (unpaired) electrons. The van der Waals surface area contributed by atoms with Crippen molar-refractivity contribution in [1.82, 2.24) is 15.2 Å². The van der Waals surface area contributed by atoms with E-state index in [-0.39, 0.29) is 12.4 Å². The van der Waals surface area contributed by atoms with E-state index in [9.17, 15) is 14.4 Å². The third kappa shape index (κ3) is 6.08. The average molecular weight is 542 g/mol. The van der Waals surface area contributed by atoms with Crippen molar-refractivity contribution >= 4 is 17.9 Å². The Hall–Kier alpha value is -4.83. The molecule has 4 atom stereocenters. The number of hydrogen-bond acceptors (Lipinski definition) is 9. The number of nitrogens with one attached hydrogen (secondary N) is 1. The normalized spacial score (nSPS) is 20.0. The summed E-state index contributed by atoms with van der Waals surface area (Å²) in [5.41, 5.74) is 0.950. The highest BCUT2D eigenvalue weighted by Crippen LogP contribution is 2.37. The summed E-state index contributed by atoms with van der Waals surface area (Å²) in [6, 6.07) is 25.3. The van der Waals surface area contributed by atoms with Gasteiger partial charge in [0.25, 0.3) is 0 Å². The van der Waals surface area contributed by atoms with Crippen LogP contribution in [0.2, 0.25) is 0 Å². The molecule has 1 aliphatic heterocycles. The van der Waals surface area contributed by atoms with Crippen molar-refractivity contribution in [2.24, 2.45) is 0 Å². The Morgan fingerprint density at radius 3 is 1.75 bits per heavy atom. The third-order valence-corrected chi connectivity index (χ3v) is 6.34. The summed E-state index contributed by atoms with van der Waals surface area (Å²) < 4.78 is 23.5. The summed E-state index contributed by atoms with van der Waals surface area (Å²) in [6.45, 7) is 1.63. The van der Waals surface area contributed by atoms with Crippen LogP contribution >= 0.6 is 0 Å². The molecule has 3 aromatic carbocycles. The fourth-order valence-electron chi connectivity index (χ4n) is 4.28. The number of aromatic amines is 1. The average Bonchev–Trinajstić information content (AvgIpc) is 3.62. The highest BCUT2D eigenvalue weighted by molar-refractivity contribution is 5.91. The van der Waals surface area contributed by atoms with E-state index < -0.39 is 42.3 Å². The number of ether oxygens (including phenoxy) is 4. The second-order valence-electron chi connectivity index (χ2n) is 9.03. The maximum Gasteiger partial charge on any atom is 0.338 e. The van der Waals surface area contributed by atoms with Crippen LogP contribution in [0.4, 0.5) is 0 Å². The van der Waals surface area contributed by atoms with Crippen molar-refractivity contribution in [1.29, 1.82) is 0 Å². The SMILES string of the molecule is CCc1nc([C@@H]2O[C@H](COC(=O)c3ccccc3)[C@@H](OC(=O)c3ccccc3)[C@H]2OC(=O)c2ccccc2)n[nH]1. The number of carbonyl (C=O) groups excluding carboxylic acids is 3. The second kappa shape index (κ2) is 12.4. The van der Waals surface area contributed by atoms with Crippen molar-refractivity contribution in [3.8, 4) is 0 Å². The summed E-state index contributed by atoms with van der Waals surface area (Å²) in [7, 11) is 0. The van der Waals surface area contributed by atoms with Crippen LogP contribution in [0.1, 0.15) is 55.8 Å². The summed E-state index contributed by atoms with van der Waals surface area (Å²) in [6.07, 6.45) is -3.68. The number of esters is 3. The molecule has 4 aromatic rings. The van der Waals surface area contributed by atoms with Gasteiger partial charge in [-0.25, -0.2) is 19.4 Å². The van der Waals surface area contributed by atoms with Gasteiger partial charge in [0.15, 0.2) is 24.1 Å². The quantitative estimate of drug-likeness (QED) is 0.246. The molecule has 0 unspecified atom stereocenters. The minimum absolute atomic E-state index is 0.223. The number of hydrogen-bond donors (Lipinski definition) is 1. The molecular formula is C30H27N3O7. The predicted molar refractivity (Wildman–Crippen MR) is 141 cm³/mol. The number of aryl methyl sites for hydroxylation is 1. The van der Waals surface area contributed by atoms with Gasteiger partial charge in [0, 0.05) is 6.42 Å². The molecule has 0 spiro atoms. The first-order valence-corrected chi connectivity index (χ1v) is 12.8. The van der Waals surface area contributed by atoms with E-state index in [4.69, 9.17) is 18.9 Å². The first kappa shape index (κ1) is 26.8. The molecule has 0 aliphatic carbocycles. The fraction of sp³-hybridized carbons (Fsp3) is 0.233. The van der Waals surface area contributed by atoms with Gasteiger partial charge >= 0.3 is 17.9 Å². The molecule has 10 heteroatoms. The van der Waals surface area contributed by atoms with Gasteiger partial charge in [0.2, 0.25) is 0 Å². The number of rotatable bonds is 9. The van der Waals surface area contributed by atoms with E-state index in [1.54, 1.807) is 91.0 Å². The van der Waals surface area contributed by atoms with Gasteiger partial charge in [-0.3, -0.25) is 5.10 Å². The lowest BCUT2D eigenvalue weighted by Gasteiger charge is -2.24. The molecule has 0 amide bonds. The van der Waals surface area contributed by atoms with Gasteiger partial charge in [-0.1, -0.05) is 61.5 Å². The van der Waals surface area contributed by atoms with Crippen LogP contribution in [-0.2, 0) is 25.4 Å². The van der Waals surface area contributed by atoms with E-state index in [1.807, 2.05) is 6.92 Å². The number of carbonyl (C=O) groups is 3. The fourth-order valence-corrected chi connectivity index (χ4v) is 4.28. The van der Waals surface area contributed by atoms with Crippen LogP contribution in [0.15, 0.2) is 91.0 Å². The van der Waals surface area contributed by atoms with Crippen LogP contribution in [0.25, 0.3) is 0 Å². The third-order valence-electron chi connectivity index (χ3n) is 6.34. The van der Waals surface area contributed by atoms with E-state index in [0.717, 1.165) is 0 Å². The standard InChI is InChI=1S/C30H27N3O7/c1-2-23-31-27(33-32-23)26-25(40-30(36)21-16-10-5-11-17-21)24(39-29(35)20-14-8-4-9-15-20)22(38-26)18-37-28(34)19-12-6-3-7-13-19/h3-17,22,24-26H,2,18H2,1H3,(H,31,32,33)/t22-,24-,25-,26-/m1/s1. The zero-order valence-corrected chi connectivity index (χ0v) is 21.6. The minimum Gasteiger partial charge on any atom is -0.459 e. The summed E-state index contributed by atoms with van der Waals surface area (Å²) in [4.78, 5) is 43.4. The molecule has 1 aliphatic rings. The highest BCUT2D eigenvalue weighted by atomic mass is 16.6. The van der Waals surface area contributed by atoms with Crippen LogP contribution in [0.3, 0.4) is 0 Å². The second-order valence-corrected chi connectivity index (χ2v) is 9.03. The van der Waals surface area contributed by atoms with Crippen molar-refractivity contribution < 1.29 is 33.3 Å². The van der Waals surface area contributed by atoms with E-state index >= 15 is 0 Å². The Labute approximate surface area is 230 Å². The Morgan fingerprint density at radius 1 is 0.750 bits per heavy atom. The van der Waals surface area contributed by atoms with Gasteiger partial charge in [0.05, 0.1) is 16.7 Å². The van der Waals surface area contributed by atoms with E-state index in [1.165, 1.54) is 0 Å². The van der Waals surface area contributed by atoms with E-state index in [2.05, 4.69) is 15.2 Å². The Kier molecular flexibility index (Phi) is 8.26. The summed E-state index contributed by atoms with van der Waals surface area (Å²) >= 11 is 0. The van der Waals surface area contributed by atoms with Crippen LogP contribution in [0, 0.1) is 0 Å². The molecule has 204 valence electrons. The first-order chi connectivity index (χ1) is 19.5. The molecule has 1 N–H and O–H groups in total. The van der Waals surface area contributed by atoms with Crippen molar-refractivity contribution in [2.45, 2.75) is 37.8 Å². The Bertz CT molecular complexity index is 1440. The molecule has 1 fully saturated rings. The monoisotopic (exact) mass is 541 g/mol. The molecule has 5 rings (SSSR count). The lowest BCUT2D eigenvalue weighted by atomic mass is 10.1. The predicted octanol–water partition coefficient (Wildman–Crippen LogP) is 4.12. The molecule has 1 aromatic heterocycles. The number of aromatic nitrogens is 3. The van der Waals surface area contributed by atoms with Crippen molar-refractivity contribution in [3.05, 3.63) is 119 Å². The molecule has 1 saturated heterocycles. The summed E-state index contributed by atoms with van der Waals surface area (Å²) in [5.74, 6) is -1.05. The van der Waals surface area contributed by atoms with Gasteiger partial charge in [-0.15, -0.1) is 0 Å². The van der Waals surface area contributed by atoms with Crippen LogP contribution in [-0.4, -0.2) is 58.0 Å². The molecule has 2 heterocycles. The molecular weight excluding hydrogens is 514 g/mol. The van der Waals surface area contributed by atoms with Gasteiger partial charge in [-0.2, -0.15) is 5.10 Å². The Morgan fingerprint density at radius 2 is 1.25 bits per heavy atom. The van der Waals surface area contributed by atoms with E-state index in [0.29, 0.717) is 28.9 Å². The van der Waals surface area contributed by atoms with Crippen LogP contribution in [0.5, 0.6) is 0 Å². The van der Waals surface area contributed by atoms with Gasteiger partial charge < -0.3 is 18.9 Å². The Balaban J connectivity index is 1.46. The highest BCUT2D eigenvalue weighted by Gasteiger charge is 2.52. The van der Waals surface area contributed by atoms with Gasteiger partial charge in [0.1, 0.15) is 18.5 Å². The molecule has 0 saturated carbocycles. The number of benzene rings is 3. The zero-order valence-electron chi connectivity index (χ0n) is 21.6. The van der Waals surface area contributed by atoms with Crippen molar-refractivity contribution in [2.75, 3.05) is 6.61 Å². The largest absolute Gasteiger partial charge is 0.459 e. The topological polar surface area (TPSA) is 130 Å².